The highest BCUT2D eigenvalue weighted by Crippen LogP contribution is 2.37. The van der Waals surface area contributed by atoms with Crippen molar-refractivity contribution in [2.45, 2.75) is 4.90 Å². The van der Waals surface area contributed by atoms with Crippen molar-refractivity contribution in [2.75, 3.05) is 12.8 Å². The average Bonchev–Trinajstić information content (AvgIpc) is 2.47. The van der Waals surface area contributed by atoms with Crippen LogP contribution in [0.4, 0.5) is 5.69 Å². The highest BCUT2D eigenvalue weighted by atomic mass is 32.1. The van der Waals surface area contributed by atoms with Crippen LogP contribution in [0.1, 0.15) is 0 Å². The van der Waals surface area contributed by atoms with Crippen molar-refractivity contribution in [3.05, 3.63) is 17.5 Å². The van der Waals surface area contributed by atoms with E-state index in [1.165, 1.54) is 0 Å². The Kier molecular flexibility index (Phi) is 2.09. The van der Waals surface area contributed by atoms with Crippen LogP contribution >= 0.6 is 24.0 Å². The Balaban J connectivity index is 2.84. The topological polar surface area (TPSA) is 35.2 Å². The van der Waals surface area contributed by atoms with E-state index in [-0.39, 0.29) is 0 Å². The van der Waals surface area contributed by atoms with Crippen LogP contribution in [0.15, 0.2) is 22.4 Å². The number of hydrogen-bond acceptors (Lipinski definition) is 4. The maximum Gasteiger partial charge on any atom is 0.138 e. The number of thiophene rings is 1. The monoisotopic (exact) mass is 211 g/mol. The third-order valence-electron chi connectivity index (χ3n) is 1.86. The molecule has 0 aliphatic heterocycles. The summed E-state index contributed by atoms with van der Waals surface area (Å²) in [5.74, 6) is 0.820. The summed E-state index contributed by atoms with van der Waals surface area (Å²) in [6, 6.07) is 3.74. The first-order valence-electron chi connectivity index (χ1n) is 3.76. The Morgan fingerprint density at radius 2 is 2.23 bits per heavy atom. The smallest absolute Gasteiger partial charge is 0.138 e. The Bertz CT molecular complexity index is 450. The van der Waals surface area contributed by atoms with Crippen molar-refractivity contribution in [3.63, 3.8) is 0 Å². The highest BCUT2D eigenvalue weighted by Gasteiger charge is 2.07. The van der Waals surface area contributed by atoms with Crippen molar-refractivity contribution >= 4 is 39.7 Å². The van der Waals surface area contributed by atoms with E-state index in [1.54, 1.807) is 18.4 Å². The Morgan fingerprint density at radius 1 is 1.46 bits per heavy atom. The number of ether oxygens (including phenoxy) is 1. The molecule has 0 spiro atoms. The van der Waals surface area contributed by atoms with Crippen molar-refractivity contribution in [3.8, 4) is 5.75 Å². The second-order valence-electron chi connectivity index (χ2n) is 2.72. The lowest BCUT2D eigenvalue weighted by Crippen LogP contribution is -1.87. The minimum atomic E-state index is 0.707. The Morgan fingerprint density at radius 3 is 2.92 bits per heavy atom. The molecule has 2 N–H and O–H groups in total. The van der Waals surface area contributed by atoms with Gasteiger partial charge in [0.15, 0.2) is 0 Å². The number of nitrogen functional groups attached to an aromatic ring is 1. The van der Waals surface area contributed by atoms with E-state index in [9.17, 15) is 0 Å². The molecule has 1 heterocycles. The van der Waals surface area contributed by atoms with Gasteiger partial charge < -0.3 is 10.5 Å². The molecule has 0 aliphatic rings. The number of fused-ring (bicyclic) bond motifs is 1. The van der Waals surface area contributed by atoms with Crippen LogP contribution in [0.5, 0.6) is 5.75 Å². The molecule has 0 saturated heterocycles. The number of methoxy groups -OCH3 is 1. The lowest BCUT2D eigenvalue weighted by molar-refractivity contribution is 0.420. The minimum absolute atomic E-state index is 0.707. The summed E-state index contributed by atoms with van der Waals surface area (Å²) in [5.41, 5.74) is 6.43. The van der Waals surface area contributed by atoms with E-state index in [0.717, 1.165) is 20.7 Å². The first kappa shape index (κ1) is 8.72. The minimum Gasteiger partial charge on any atom is -0.495 e. The molecule has 0 saturated carbocycles. The first-order chi connectivity index (χ1) is 6.22. The van der Waals surface area contributed by atoms with Gasteiger partial charge in [0.05, 0.1) is 11.8 Å². The normalized spacial score (nSPS) is 10.6. The summed E-state index contributed by atoms with van der Waals surface area (Å²) in [4.78, 5) is 0.950. The summed E-state index contributed by atoms with van der Waals surface area (Å²) in [7, 11) is 1.64. The fraction of sp³-hybridized carbons (Fsp3) is 0.111. The molecule has 0 radical (unpaired) electrons. The van der Waals surface area contributed by atoms with Crippen molar-refractivity contribution < 1.29 is 4.74 Å². The van der Waals surface area contributed by atoms with Gasteiger partial charge in [-0.15, -0.1) is 24.0 Å². The molecule has 0 atom stereocenters. The summed E-state index contributed by atoms with van der Waals surface area (Å²) in [5, 5.41) is 3.04. The van der Waals surface area contributed by atoms with Gasteiger partial charge in [0, 0.05) is 27.4 Å². The number of anilines is 1. The molecule has 0 fully saturated rings. The molecule has 1 aromatic carbocycles. The number of hydrogen-bond donors (Lipinski definition) is 2. The molecule has 2 nitrogen and oxygen atoms in total. The van der Waals surface area contributed by atoms with Gasteiger partial charge in [-0.2, -0.15) is 0 Å². The highest BCUT2D eigenvalue weighted by molar-refractivity contribution is 7.80. The van der Waals surface area contributed by atoms with Crippen LogP contribution in [0.3, 0.4) is 0 Å². The molecule has 13 heavy (non-hydrogen) atoms. The van der Waals surface area contributed by atoms with Gasteiger partial charge in [0.1, 0.15) is 5.75 Å². The van der Waals surface area contributed by atoms with Gasteiger partial charge in [0.25, 0.3) is 0 Å². The molecular formula is C9H9NOS2. The summed E-state index contributed by atoms with van der Waals surface area (Å²) in [6.07, 6.45) is 0. The van der Waals surface area contributed by atoms with E-state index in [1.807, 2.05) is 17.5 Å². The van der Waals surface area contributed by atoms with Crippen molar-refractivity contribution in [1.29, 1.82) is 0 Å². The largest absolute Gasteiger partial charge is 0.495 e. The number of benzene rings is 1. The molecule has 0 bridgehead atoms. The molecule has 2 rings (SSSR count). The second-order valence-corrected chi connectivity index (χ2v) is 4.08. The van der Waals surface area contributed by atoms with E-state index < -0.39 is 0 Å². The average molecular weight is 211 g/mol. The summed E-state index contributed by atoms with van der Waals surface area (Å²) >= 11 is 5.95. The standard InChI is InChI=1S/C9H9NOS2/c1-11-7-3-5(10)2-6-8(12)4-13-9(6)7/h2-4,12H,10H2,1H3. The van der Waals surface area contributed by atoms with Gasteiger partial charge >= 0.3 is 0 Å². The van der Waals surface area contributed by atoms with E-state index in [4.69, 9.17) is 10.5 Å². The van der Waals surface area contributed by atoms with Gasteiger partial charge in [-0.3, -0.25) is 0 Å². The number of thiol groups is 1. The summed E-state index contributed by atoms with van der Waals surface area (Å²) < 4.78 is 6.32. The van der Waals surface area contributed by atoms with Gasteiger partial charge in [-0.1, -0.05) is 0 Å². The molecule has 68 valence electrons. The maximum atomic E-state index is 5.72. The SMILES string of the molecule is COc1cc(N)cc2c(S)csc12. The lowest BCUT2D eigenvalue weighted by Gasteiger charge is -2.02. The van der Waals surface area contributed by atoms with Crippen LogP contribution in [0, 0.1) is 0 Å². The molecular weight excluding hydrogens is 202 g/mol. The van der Waals surface area contributed by atoms with Crippen LogP contribution in [-0.4, -0.2) is 7.11 Å². The molecule has 0 aliphatic carbocycles. The molecule has 1 aromatic heterocycles. The van der Waals surface area contributed by atoms with E-state index in [0.29, 0.717) is 5.69 Å². The zero-order valence-corrected chi connectivity index (χ0v) is 8.78. The van der Waals surface area contributed by atoms with Crippen LogP contribution in [-0.2, 0) is 0 Å². The van der Waals surface area contributed by atoms with E-state index >= 15 is 0 Å². The van der Waals surface area contributed by atoms with Crippen LogP contribution < -0.4 is 10.5 Å². The van der Waals surface area contributed by atoms with Gasteiger partial charge in [0.2, 0.25) is 0 Å². The predicted molar refractivity (Wildman–Crippen MR) is 60.0 cm³/mol. The first-order valence-corrected chi connectivity index (χ1v) is 5.08. The third-order valence-corrected chi connectivity index (χ3v) is 3.42. The van der Waals surface area contributed by atoms with Crippen LogP contribution in [0.25, 0.3) is 10.1 Å². The Hall–Kier alpha value is -0.870. The molecule has 2 aromatic rings. The summed E-state index contributed by atoms with van der Waals surface area (Å²) in [6.45, 7) is 0. The van der Waals surface area contributed by atoms with Gasteiger partial charge in [-0.05, 0) is 6.07 Å². The predicted octanol–water partition coefficient (Wildman–Crippen LogP) is 2.78. The van der Waals surface area contributed by atoms with Crippen molar-refractivity contribution in [2.24, 2.45) is 0 Å². The van der Waals surface area contributed by atoms with E-state index in [2.05, 4.69) is 12.6 Å². The maximum absolute atomic E-state index is 5.72. The zero-order valence-electron chi connectivity index (χ0n) is 7.07. The third kappa shape index (κ3) is 1.36. The lowest BCUT2D eigenvalue weighted by atomic mass is 10.2. The second kappa shape index (κ2) is 3.12. The fourth-order valence-corrected chi connectivity index (χ4v) is 2.59. The zero-order chi connectivity index (χ0) is 9.42. The molecule has 0 unspecified atom stereocenters. The molecule has 4 heteroatoms. The number of nitrogens with two attached hydrogens (primary N) is 1. The number of rotatable bonds is 1. The molecule has 0 amide bonds. The quantitative estimate of drug-likeness (QED) is 0.562. The Labute approximate surface area is 85.7 Å². The fourth-order valence-electron chi connectivity index (χ4n) is 1.27. The van der Waals surface area contributed by atoms with Crippen molar-refractivity contribution in [1.82, 2.24) is 0 Å². The van der Waals surface area contributed by atoms with Gasteiger partial charge in [-0.25, -0.2) is 0 Å². The van der Waals surface area contributed by atoms with Crippen LogP contribution in [0.2, 0.25) is 0 Å².